The number of aliphatic hydroxyl groups is 10. The van der Waals surface area contributed by atoms with Gasteiger partial charge < -0.3 is 139 Å². The molecule has 0 aromatic carbocycles. The topological polar surface area (TPSA) is 612 Å². The quantitative estimate of drug-likeness (QED) is 0.0119. The number of unbranched alkanes of at least 4 members (excludes halogenated alkanes) is 32. The number of carbonyl (C=O) groups excluding carboxylic acids is 5. The first-order valence-corrected chi connectivity index (χ1v) is 49.9. The second kappa shape index (κ2) is 62.4. The first-order chi connectivity index (χ1) is 60.4. The number of phosphoric acid groups is 2. The molecule has 127 heavy (non-hydrogen) atoms. The number of aliphatic hydroxyl groups excluding tert-OH is 10. The zero-order chi connectivity index (χ0) is 94.1. The fourth-order valence-electron chi connectivity index (χ4n) is 16.3. The molecule has 0 radical (unpaired) electrons. The Labute approximate surface area is 747 Å². The van der Waals surface area contributed by atoms with Gasteiger partial charge in [-0.05, 0) is 44.9 Å². The van der Waals surface area contributed by atoms with Crippen LogP contribution in [0.4, 0.5) is 0 Å². The van der Waals surface area contributed by atoms with Gasteiger partial charge in [0.15, 0.2) is 18.7 Å². The standard InChI is InChI=1S/C86H156N2O37P2/c1-6-11-16-21-25-27-31-36-41-46-68(97)116-58(44-39-34-29-23-18-13-8-3)49-66(95)87-71-76(103)74(101)64(118-82(71)125-127(111,112)113)55-114-81-72(88-67(96)50-59(45-40-35-30-24-19-14-9-4)117-69(98)47-42-37-32-28-26-22-17-12-7-2)80(120-70(99)48-57(91)43-38-33-20-15-10-5)79(124-126(108,109)110)65(119-81)56-115-85(83(104)105)52-63(75(102)78(122-85)62(94)54-90)121-86(84(106)107)51-60(92)73(100)77(123-86)61(93)53-89/h57-65,71-82,89-94,100-103H,6-56H2,1-5H3,(H,87,95)(H,88,96)(H,104,105)(H,106,107)(H2,108,109,110)(H2,111,112,113)/t57-,58-,59-,60-,61-,62-,63-,64-,65-,71-,72-,73-,74-,75-,76-,77-,78-,79-,80-,81-,82-,85-,86-/m1/s1. The molecule has 23 atom stereocenters. The van der Waals surface area contributed by atoms with E-state index >= 15 is 4.79 Å². The molecule has 4 heterocycles. The third kappa shape index (κ3) is 43.4. The lowest BCUT2D eigenvalue weighted by molar-refractivity contribution is -0.378. The number of carboxylic acid groups (broad SMARTS) is 2. The highest BCUT2D eigenvalue weighted by Crippen LogP contribution is 2.46. The Bertz CT molecular complexity index is 3180. The van der Waals surface area contributed by atoms with E-state index in [4.69, 9.17) is 56.4 Å². The van der Waals surface area contributed by atoms with E-state index < -0.39 is 256 Å². The summed E-state index contributed by atoms with van der Waals surface area (Å²) in [7, 11) is -11.9. The van der Waals surface area contributed by atoms with Gasteiger partial charge in [-0.1, -0.05) is 247 Å². The first-order valence-electron chi connectivity index (χ1n) is 46.8. The molecular weight excluding hydrogens is 1710 g/mol. The van der Waals surface area contributed by atoms with Crippen LogP contribution < -0.4 is 10.6 Å². The highest BCUT2D eigenvalue weighted by Gasteiger charge is 2.63. The monoisotopic (exact) mass is 1870 g/mol. The Morgan fingerprint density at radius 1 is 0.425 bits per heavy atom. The number of rotatable bonds is 71. The number of phosphoric ester groups is 2. The first kappa shape index (κ1) is 115. The van der Waals surface area contributed by atoms with E-state index in [0.29, 0.717) is 51.4 Å². The molecular formula is C86H156N2O37P2. The summed E-state index contributed by atoms with van der Waals surface area (Å²) in [5.74, 6) is -15.9. The summed E-state index contributed by atoms with van der Waals surface area (Å²) in [6, 6.07) is -4.30. The normalized spacial score (nSPS) is 27.7. The van der Waals surface area contributed by atoms with Crippen LogP contribution >= 0.6 is 15.6 Å². The van der Waals surface area contributed by atoms with Gasteiger partial charge in [-0.15, -0.1) is 0 Å². The van der Waals surface area contributed by atoms with E-state index in [0.717, 1.165) is 186 Å². The molecule has 4 rings (SSSR count). The van der Waals surface area contributed by atoms with Crippen LogP contribution in [-0.2, 0) is 99.1 Å². The van der Waals surface area contributed by atoms with Crippen molar-refractivity contribution in [3.05, 3.63) is 0 Å². The molecule has 0 aliphatic carbocycles. The zero-order valence-electron chi connectivity index (χ0n) is 75.3. The van der Waals surface area contributed by atoms with Gasteiger partial charge >= 0.3 is 45.5 Å². The van der Waals surface area contributed by atoms with Crippen LogP contribution in [0.1, 0.15) is 336 Å². The molecule has 18 N–H and O–H groups in total. The lowest BCUT2D eigenvalue weighted by Gasteiger charge is -2.50. The minimum absolute atomic E-state index is 0.00696. The number of ether oxygens (including phenoxy) is 10. The SMILES string of the molecule is CCCCCCCCCCCC(=O)O[C@H](CCCCCCCCC)CC(=O)N[C@H]1[C@@H](OP(=O)(O)O)O[C@H](CO[C@@H]2O[C@H](CO[C@]3(C(=O)O)C[C@@H](O[C@]4(C(=O)O)C[C@@H](O)[C@@H](O)[C@@H]([C@H](O)CO)O4)[C@@H](O)[C@@H]([C@H](O)CO)O3)[C@@H](OP(=O)(O)O)[C@H](OC(=O)C[C@H](O)CCCCCCC)[C@H]2NC(=O)C[C@@H](CCCCCCCCC)OC(=O)CCCCCCCCCCC)[C@@H](O)[C@@H]1O. The number of aliphatic carboxylic acids is 2. The van der Waals surface area contributed by atoms with E-state index in [9.17, 15) is 119 Å². The Kier molecular flexibility index (Phi) is 56.6. The van der Waals surface area contributed by atoms with Crippen molar-refractivity contribution >= 4 is 57.3 Å². The third-order valence-electron chi connectivity index (χ3n) is 23.5. The summed E-state index contributed by atoms with van der Waals surface area (Å²) in [6.45, 7) is 5.04. The number of carbonyl (C=O) groups is 7. The highest BCUT2D eigenvalue weighted by atomic mass is 31.2. The van der Waals surface area contributed by atoms with Gasteiger partial charge in [0.25, 0.3) is 11.6 Å². The minimum atomic E-state index is -6.10. The second-order valence-electron chi connectivity index (χ2n) is 34.6. The van der Waals surface area contributed by atoms with Crippen LogP contribution in [0.2, 0.25) is 0 Å². The number of nitrogens with one attached hydrogen (secondary N) is 2. The van der Waals surface area contributed by atoms with Crippen molar-refractivity contribution < 1.29 is 180 Å². The fraction of sp³-hybridized carbons (Fsp3) is 0.919. The summed E-state index contributed by atoms with van der Waals surface area (Å²) in [5, 5.41) is 138. The van der Waals surface area contributed by atoms with Crippen LogP contribution in [0.25, 0.3) is 0 Å². The molecule has 39 nitrogen and oxygen atoms in total. The maximum absolute atomic E-state index is 15.2. The molecule has 4 fully saturated rings. The third-order valence-corrected chi connectivity index (χ3v) is 24.5. The Morgan fingerprint density at radius 3 is 1.24 bits per heavy atom. The van der Waals surface area contributed by atoms with Crippen molar-refractivity contribution in [1.82, 2.24) is 10.6 Å². The van der Waals surface area contributed by atoms with E-state index in [1.807, 2.05) is 6.92 Å². The van der Waals surface area contributed by atoms with E-state index in [1.54, 1.807) is 0 Å². The average molecular weight is 1870 g/mol. The van der Waals surface area contributed by atoms with Crippen molar-refractivity contribution in [2.45, 2.75) is 476 Å². The second-order valence-corrected chi connectivity index (χ2v) is 37.0. The van der Waals surface area contributed by atoms with Crippen LogP contribution in [0, 0.1) is 0 Å². The van der Waals surface area contributed by atoms with Crippen molar-refractivity contribution in [3.8, 4) is 0 Å². The Balaban J connectivity index is 1.92. The molecule has 0 spiro atoms. The van der Waals surface area contributed by atoms with Crippen LogP contribution in [0.3, 0.4) is 0 Å². The van der Waals surface area contributed by atoms with Gasteiger partial charge in [0.1, 0.15) is 91.4 Å². The van der Waals surface area contributed by atoms with Gasteiger partial charge in [0.2, 0.25) is 11.8 Å². The van der Waals surface area contributed by atoms with Crippen molar-refractivity contribution in [1.29, 1.82) is 0 Å². The predicted octanol–water partition coefficient (Wildman–Crippen LogP) is 7.81. The van der Waals surface area contributed by atoms with Crippen molar-refractivity contribution in [2.24, 2.45) is 0 Å². The van der Waals surface area contributed by atoms with Gasteiger partial charge in [0, 0.05) is 25.7 Å². The van der Waals surface area contributed by atoms with Gasteiger partial charge in [-0.3, -0.25) is 33.0 Å². The number of hydrogen-bond donors (Lipinski definition) is 18. The van der Waals surface area contributed by atoms with E-state index in [2.05, 4.69) is 38.3 Å². The number of esters is 3. The average Bonchev–Trinajstić information content (AvgIpc) is 0.747. The largest absolute Gasteiger partial charge is 0.477 e. The van der Waals surface area contributed by atoms with Crippen molar-refractivity contribution in [2.75, 3.05) is 26.4 Å². The molecule has 0 aromatic heterocycles. The van der Waals surface area contributed by atoms with Crippen LogP contribution in [0.15, 0.2) is 0 Å². The summed E-state index contributed by atoms with van der Waals surface area (Å²) < 4.78 is 96.8. The Morgan fingerprint density at radius 2 is 0.819 bits per heavy atom. The molecule has 41 heteroatoms. The molecule has 4 saturated heterocycles. The number of carboxylic acids is 2. The molecule has 4 aliphatic rings. The number of amides is 2. The summed E-state index contributed by atoms with van der Waals surface area (Å²) in [4.78, 5) is 141. The van der Waals surface area contributed by atoms with E-state index in [1.165, 1.54) is 0 Å². The van der Waals surface area contributed by atoms with Gasteiger partial charge in [0.05, 0.1) is 64.0 Å². The molecule has 0 aromatic rings. The smallest absolute Gasteiger partial charge is 0.472 e. The minimum Gasteiger partial charge on any atom is -0.477 e. The van der Waals surface area contributed by atoms with Gasteiger partial charge in [-0.2, -0.15) is 0 Å². The molecule has 0 saturated carbocycles. The van der Waals surface area contributed by atoms with Crippen LogP contribution in [0.5, 0.6) is 0 Å². The predicted molar refractivity (Wildman–Crippen MR) is 456 cm³/mol. The Hall–Kier alpha value is -4.17. The fourth-order valence-corrected chi connectivity index (χ4v) is 17.4. The van der Waals surface area contributed by atoms with Crippen LogP contribution in [-0.4, -0.2) is 289 Å². The molecule has 0 unspecified atom stereocenters. The molecule has 4 aliphatic heterocycles. The maximum Gasteiger partial charge on any atom is 0.472 e. The lowest BCUT2D eigenvalue weighted by Crippen LogP contribution is -2.69. The summed E-state index contributed by atoms with van der Waals surface area (Å²) in [6.07, 6.45) is -13.3. The zero-order valence-corrected chi connectivity index (χ0v) is 77.1. The van der Waals surface area contributed by atoms with E-state index in [-0.39, 0.29) is 32.1 Å². The molecule has 0 bridgehead atoms. The summed E-state index contributed by atoms with van der Waals surface area (Å²) in [5.41, 5.74) is 0. The molecule has 2 amide bonds. The lowest BCUT2D eigenvalue weighted by atomic mass is 9.90. The maximum atomic E-state index is 15.2. The van der Waals surface area contributed by atoms with Gasteiger partial charge in [-0.25, -0.2) is 18.7 Å². The summed E-state index contributed by atoms with van der Waals surface area (Å²) >= 11 is 0. The number of hydrogen-bond acceptors (Lipinski definition) is 31. The molecule has 742 valence electrons. The highest BCUT2D eigenvalue weighted by molar-refractivity contribution is 7.46. The van der Waals surface area contributed by atoms with Crippen molar-refractivity contribution in [3.63, 3.8) is 0 Å².